The zero-order chi connectivity index (χ0) is 14.3. The molecule has 0 aromatic heterocycles. The van der Waals surface area contributed by atoms with Crippen LogP contribution < -0.4 is 5.32 Å². The minimum Gasteiger partial charge on any atom is -0.383 e. The Kier molecular flexibility index (Phi) is 6.97. The van der Waals surface area contributed by atoms with E-state index in [-0.39, 0.29) is 5.56 Å². The van der Waals surface area contributed by atoms with Gasteiger partial charge in [-0.3, -0.25) is 4.79 Å². The molecule has 0 spiro atoms. The summed E-state index contributed by atoms with van der Waals surface area (Å²) >= 11 is 3.15. The molecule has 0 heterocycles. The maximum Gasteiger partial charge on any atom is 0.254 e. The van der Waals surface area contributed by atoms with Gasteiger partial charge in [-0.1, -0.05) is 15.9 Å². The highest BCUT2D eigenvalue weighted by atomic mass is 79.9. The molecule has 0 aliphatic carbocycles. The molecule has 0 saturated heterocycles. The largest absolute Gasteiger partial charge is 0.383 e. The number of nitrogens with zero attached hydrogens (tertiary/aromatic N) is 1. The van der Waals surface area contributed by atoms with Crippen molar-refractivity contribution in [1.29, 1.82) is 0 Å². The van der Waals surface area contributed by atoms with Crippen LogP contribution in [0, 0.1) is 5.82 Å². The maximum atomic E-state index is 13.5. The number of hydrogen-bond acceptors (Lipinski definition) is 3. The zero-order valence-electron chi connectivity index (χ0n) is 11.1. The minimum atomic E-state index is -0.528. The Morgan fingerprint density at radius 3 is 2.84 bits per heavy atom. The van der Waals surface area contributed by atoms with E-state index in [9.17, 15) is 9.18 Å². The topological polar surface area (TPSA) is 41.6 Å². The summed E-state index contributed by atoms with van der Waals surface area (Å²) in [4.78, 5) is 13.8. The number of rotatable bonds is 7. The first kappa shape index (κ1) is 16.1. The maximum absolute atomic E-state index is 13.5. The monoisotopic (exact) mass is 332 g/mol. The number of ether oxygens (including phenoxy) is 1. The highest BCUT2D eigenvalue weighted by molar-refractivity contribution is 9.10. The second-order valence-electron chi connectivity index (χ2n) is 4.18. The van der Waals surface area contributed by atoms with Crippen molar-refractivity contribution in [2.45, 2.75) is 0 Å². The molecule has 0 bridgehead atoms. The van der Waals surface area contributed by atoms with Crippen molar-refractivity contribution in [3.8, 4) is 0 Å². The Morgan fingerprint density at radius 2 is 2.21 bits per heavy atom. The van der Waals surface area contributed by atoms with Crippen LogP contribution in [0.5, 0.6) is 0 Å². The number of carbonyl (C=O) groups is 1. The summed E-state index contributed by atoms with van der Waals surface area (Å²) in [5.74, 6) is -0.926. The quantitative estimate of drug-likeness (QED) is 0.829. The molecule has 4 nitrogen and oxygen atoms in total. The summed E-state index contributed by atoms with van der Waals surface area (Å²) < 4.78 is 19.1. The molecule has 1 aromatic rings. The van der Waals surface area contributed by atoms with Crippen LogP contribution in [0.1, 0.15) is 10.4 Å². The van der Waals surface area contributed by atoms with Crippen molar-refractivity contribution in [1.82, 2.24) is 10.2 Å². The van der Waals surface area contributed by atoms with Gasteiger partial charge in [0.1, 0.15) is 5.82 Å². The van der Waals surface area contributed by atoms with Crippen molar-refractivity contribution in [3.63, 3.8) is 0 Å². The number of likely N-dealkylation sites (N-methyl/N-ethyl adjacent to an activating group) is 1. The van der Waals surface area contributed by atoms with Crippen LogP contribution in [0.25, 0.3) is 0 Å². The summed E-state index contributed by atoms with van der Waals surface area (Å²) in [6.45, 7) is 2.59. The molecule has 0 aliphatic heterocycles. The number of amides is 1. The average molecular weight is 333 g/mol. The molecule has 0 saturated carbocycles. The zero-order valence-corrected chi connectivity index (χ0v) is 12.7. The van der Waals surface area contributed by atoms with Crippen LogP contribution in [-0.2, 0) is 4.74 Å². The number of methoxy groups -OCH3 is 1. The van der Waals surface area contributed by atoms with Gasteiger partial charge in [0, 0.05) is 31.2 Å². The average Bonchev–Trinajstić information content (AvgIpc) is 2.36. The Bertz CT molecular complexity index is 429. The molecule has 106 valence electrons. The van der Waals surface area contributed by atoms with Gasteiger partial charge in [0.15, 0.2) is 0 Å². The first-order chi connectivity index (χ1) is 9.04. The van der Waals surface area contributed by atoms with E-state index >= 15 is 0 Å². The molecule has 0 aliphatic rings. The van der Waals surface area contributed by atoms with Crippen molar-refractivity contribution >= 4 is 21.8 Å². The van der Waals surface area contributed by atoms with Crippen LogP contribution in [0.3, 0.4) is 0 Å². The fraction of sp³-hybridized carbons (Fsp3) is 0.462. The van der Waals surface area contributed by atoms with Gasteiger partial charge in [0.05, 0.1) is 12.2 Å². The van der Waals surface area contributed by atoms with Crippen LogP contribution in [0.2, 0.25) is 0 Å². The SMILES string of the molecule is COCCN(C)CCNC(=O)c1ccc(Br)cc1F. The van der Waals surface area contributed by atoms with Crippen LogP contribution in [0.15, 0.2) is 22.7 Å². The third kappa shape index (κ3) is 5.67. The number of nitrogens with one attached hydrogen (secondary N) is 1. The summed E-state index contributed by atoms with van der Waals surface area (Å²) in [5, 5.41) is 2.69. The van der Waals surface area contributed by atoms with E-state index in [0.717, 1.165) is 6.54 Å². The lowest BCUT2D eigenvalue weighted by molar-refractivity contribution is 0.0943. The van der Waals surface area contributed by atoms with Crippen molar-refractivity contribution in [2.24, 2.45) is 0 Å². The summed E-state index contributed by atoms with van der Waals surface area (Å²) in [6.07, 6.45) is 0. The number of halogens is 2. The first-order valence-corrected chi connectivity index (χ1v) is 6.74. The smallest absolute Gasteiger partial charge is 0.254 e. The lowest BCUT2D eigenvalue weighted by Crippen LogP contribution is -2.34. The molecule has 0 unspecified atom stereocenters. The molecule has 0 fully saturated rings. The molecule has 1 rings (SSSR count). The summed E-state index contributed by atoms with van der Waals surface area (Å²) in [7, 11) is 3.58. The standard InChI is InChI=1S/C13H18BrFN2O2/c1-17(7-8-19-2)6-5-16-13(18)11-4-3-10(14)9-12(11)15/h3-4,9H,5-8H2,1-2H3,(H,16,18). The predicted molar refractivity (Wildman–Crippen MR) is 75.8 cm³/mol. The molecular formula is C13H18BrFN2O2. The van der Waals surface area contributed by atoms with Gasteiger partial charge >= 0.3 is 0 Å². The number of benzene rings is 1. The Morgan fingerprint density at radius 1 is 1.47 bits per heavy atom. The Hall–Kier alpha value is -0.980. The van der Waals surface area contributed by atoms with Crippen LogP contribution >= 0.6 is 15.9 Å². The molecule has 1 aromatic carbocycles. The van der Waals surface area contributed by atoms with Gasteiger partial charge in [-0.25, -0.2) is 4.39 Å². The van der Waals surface area contributed by atoms with Gasteiger partial charge < -0.3 is 15.0 Å². The van der Waals surface area contributed by atoms with E-state index in [2.05, 4.69) is 21.2 Å². The Labute approximate surface area is 121 Å². The lowest BCUT2D eigenvalue weighted by atomic mass is 10.2. The van der Waals surface area contributed by atoms with Crippen molar-refractivity contribution < 1.29 is 13.9 Å². The molecule has 0 atom stereocenters. The highest BCUT2D eigenvalue weighted by Crippen LogP contribution is 2.14. The number of hydrogen-bond donors (Lipinski definition) is 1. The fourth-order valence-corrected chi connectivity index (χ4v) is 1.82. The first-order valence-electron chi connectivity index (χ1n) is 5.95. The molecule has 0 radical (unpaired) electrons. The van der Waals surface area contributed by atoms with E-state index in [0.29, 0.717) is 24.2 Å². The second kappa shape index (κ2) is 8.24. The molecule has 1 amide bonds. The molecule has 19 heavy (non-hydrogen) atoms. The van der Waals surface area contributed by atoms with E-state index < -0.39 is 11.7 Å². The predicted octanol–water partition coefficient (Wildman–Crippen LogP) is 1.90. The molecular weight excluding hydrogens is 315 g/mol. The lowest BCUT2D eigenvalue weighted by Gasteiger charge is -2.16. The van der Waals surface area contributed by atoms with Gasteiger partial charge in [-0.15, -0.1) is 0 Å². The third-order valence-electron chi connectivity index (χ3n) is 2.63. The van der Waals surface area contributed by atoms with Gasteiger partial charge in [-0.2, -0.15) is 0 Å². The van der Waals surface area contributed by atoms with Gasteiger partial charge in [0.2, 0.25) is 0 Å². The van der Waals surface area contributed by atoms with E-state index in [1.807, 2.05) is 11.9 Å². The minimum absolute atomic E-state index is 0.0581. The van der Waals surface area contributed by atoms with E-state index in [1.54, 1.807) is 13.2 Å². The van der Waals surface area contributed by atoms with Gasteiger partial charge in [0.25, 0.3) is 5.91 Å². The highest BCUT2D eigenvalue weighted by Gasteiger charge is 2.11. The van der Waals surface area contributed by atoms with Crippen LogP contribution in [-0.4, -0.2) is 51.2 Å². The van der Waals surface area contributed by atoms with Crippen molar-refractivity contribution in [3.05, 3.63) is 34.1 Å². The molecule has 1 N–H and O–H groups in total. The summed E-state index contributed by atoms with van der Waals surface area (Å²) in [5.41, 5.74) is 0.0581. The molecule has 6 heteroatoms. The third-order valence-corrected chi connectivity index (χ3v) is 3.13. The number of carbonyl (C=O) groups excluding carboxylic acids is 1. The van der Waals surface area contributed by atoms with E-state index in [4.69, 9.17) is 4.74 Å². The van der Waals surface area contributed by atoms with Gasteiger partial charge in [-0.05, 0) is 25.2 Å². The Balaban J connectivity index is 2.39. The van der Waals surface area contributed by atoms with E-state index in [1.165, 1.54) is 12.1 Å². The second-order valence-corrected chi connectivity index (χ2v) is 5.09. The van der Waals surface area contributed by atoms with Crippen LogP contribution in [0.4, 0.5) is 4.39 Å². The normalized spacial score (nSPS) is 10.8. The fourth-order valence-electron chi connectivity index (χ4n) is 1.49. The summed E-state index contributed by atoms with van der Waals surface area (Å²) in [6, 6.07) is 4.38. The van der Waals surface area contributed by atoms with Crippen molar-refractivity contribution in [2.75, 3.05) is 40.4 Å².